The predicted octanol–water partition coefficient (Wildman–Crippen LogP) is 3.65. The highest BCUT2D eigenvalue weighted by atomic mass is 16.1. The van der Waals surface area contributed by atoms with Gasteiger partial charge in [-0.1, -0.05) is 51.9 Å². The van der Waals surface area contributed by atoms with E-state index in [0.29, 0.717) is 6.04 Å². The molecule has 0 radical (unpaired) electrons. The van der Waals surface area contributed by atoms with Crippen LogP contribution in [0.2, 0.25) is 0 Å². The fourth-order valence-corrected chi connectivity index (χ4v) is 2.67. The van der Waals surface area contributed by atoms with E-state index < -0.39 is 0 Å². The third kappa shape index (κ3) is 6.14. The highest BCUT2D eigenvalue weighted by Gasteiger charge is 2.12. The quantitative estimate of drug-likeness (QED) is 0.725. The third-order valence-corrected chi connectivity index (χ3v) is 3.66. The third-order valence-electron chi connectivity index (χ3n) is 3.66. The molecule has 0 bridgehead atoms. The normalized spacial score (nSPS) is 29.1. The largest absolute Gasteiger partial charge is 0.354 e. The second-order valence-electron chi connectivity index (χ2n) is 5.43. The first-order valence-corrected chi connectivity index (χ1v) is 6.95. The van der Waals surface area contributed by atoms with E-state index in [9.17, 15) is 4.79 Å². The van der Waals surface area contributed by atoms with Gasteiger partial charge < -0.3 is 5.32 Å². The number of rotatable bonds is 1. The van der Waals surface area contributed by atoms with Crippen molar-refractivity contribution in [2.24, 2.45) is 5.92 Å². The second kappa shape index (κ2) is 7.70. The maximum absolute atomic E-state index is 11.1. The van der Waals surface area contributed by atoms with Crippen LogP contribution in [0.25, 0.3) is 0 Å². The molecule has 1 N–H and O–H groups in total. The van der Waals surface area contributed by atoms with Gasteiger partial charge in [0.05, 0.1) is 0 Å². The molecule has 2 atom stereocenters. The van der Waals surface area contributed by atoms with E-state index in [1.165, 1.54) is 57.8 Å². The van der Waals surface area contributed by atoms with E-state index in [1.807, 2.05) is 0 Å². The number of carbonyl (C=O) groups excluding carboxylic acids is 1. The van der Waals surface area contributed by atoms with E-state index in [4.69, 9.17) is 0 Å². The van der Waals surface area contributed by atoms with Crippen LogP contribution in [0.15, 0.2) is 0 Å². The molecule has 1 rings (SSSR count). The van der Waals surface area contributed by atoms with Gasteiger partial charge in [-0.15, -0.1) is 0 Å². The van der Waals surface area contributed by atoms with Gasteiger partial charge in [-0.25, -0.2) is 0 Å². The molecular formula is C14H27NO. The Morgan fingerprint density at radius 2 is 1.50 bits per heavy atom. The van der Waals surface area contributed by atoms with Crippen molar-refractivity contribution in [2.45, 2.75) is 77.7 Å². The van der Waals surface area contributed by atoms with E-state index in [0.717, 1.165) is 5.92 Å². The fraction of sp³-hybridized carbons (Fsp3) is 0.929. The Morgan fingerprint density at radius 3 is 2.19 bits per heavy atom. The summed E-state index contributed by atoms with van der Waals surface area (Å²) in [7, 11) is 0. The zero-order chi connectivity index (χ0) is 11.8. The summed E-state index contributed by atoms with van der Waals surface area (Å²) >= 11 is 0. The van der Waals surface area contributed by atoms with E-state index >= 15 is 0 Å². The highest BCUT2D eigenvalue weighted by molar-refractivity contribution is 5.73. The summed E-state index contributed by atoms with van der Waals surface area (Å²) in [5.41, 5.74) is 0. The Bertz CT molecular complexity index is 203. The lowest BCUT2D eigenvalue weighted by Gasteiger charge is -2.18. The topological polar surface area (TPSA) is 29.1 Å². The summed E-state index contributed by atoms with van der Waals surface area (Å²) < 4.78 is 0. The molecule has 1 amide bonds. The Balaban J connectivity index is 2.35. The minimum Gasteiger partial charge on any atom is -0.354 e. The smallest absolute Gasteiger partial charge is 0.217 e. The molecule has 94 valence electrons. The molecule has 0 aromatic carbocycles. The first-order chi connectivity index (χ1) is 7.68. The van der Waals surface area contributed by atoms with Gasteiger partial charge in [0.2, 0.25) is 5.91 Å². The van der Waals surface area contributed by atoms with Crippen LogP contribution < -0.4 is 5.32 Å². The highest BCUT2D eigenvalue weighted by Crippen LogP contribution is 2.20. The molecular weight excluding hydrogens is 198 g/mol. The van der Waals surface area contributed by atoms with Gasteiger partial charge in [0.1, 0.15) is 0 Å². The van der Waals surface area contributed by atoms with Gasteiger partial charge in [0.15, 0.2) is 0 Å². The van der Waals surface area contributed by atoms with Crippen molar-refractivity contribution in [2.75, 3.05) is 0 Å². The molecule has 0 heterocycles. The number of amides is 1. The maximum Gasteiger partial charge on any atom is 0.217 e. The molecule has 1 aliphatic carbocycles. The lowest BCUT2D eigenvalue weighted by Crippen LogP contribution is -2.33. The molecule has 2 heteroatoms. The van der Waals surface area contributed by atoms with Crippen LogP contribution in [-0.4, -0.2) is 11.9 Å². The lowest BCUT2D eigenvalue weighted by atomic mass is 9.97. The number of carbonyl (C=O) groups is 1. The van der Waals surface area contributed by atoms with Crippen molar-refractivity contribution < 1.29 is 4.79 Å². The van der Waals surface area contributed by atoms with Gasteiger partial charge in [0.25, 0.3) is 0 Å². The minimum absolute atomic E-state index is 0.132. The van der Waals surface area contributed by atoms with Crippen molar-refractivity contribution in [1.29, 1.82) is 0 Å². The molecule has 0 aliphatic heterocycles. The molecule has 1 aliphatic rings. The number of hydrogen-bond acceptors (Lipinski definition) is 1. The van der Waals surface area contributed by atoms with Crippen molar-refractivity contribution in [3.05, 3.63) is 0 Å². The van der Waals surface area contributed by atoms with E-state index in [-0.39, 0.29) is 5.91 Å². The maximum atomic E-state index is 11.1. The Morgan fingerprint density at radius 1 is 0.938 bits per heavy atom. The van der Waals surface area contributed by atoms with Gasteiger partial charge in [-0.2, -0.15) is 0 Å². The monoisotopic (exact) mass is 225 g/mol. The summed E-state index contributed by atoms with van der Waals surface area (Å²) in [6.07, 6.45) is 11.7. The van der Waals surface area contributed by atoms with Gasteiger partial charge >= 0.3 is 0 Å². The second-order valence-corrected chi connectivity index (χ2v) is 5.43. The standard InChI is InChI=1S/C14H27NO/c1-12-8-5-3-4-6-10-14(11-7-9-12)15-13(2)16/h12,14H,3-11H2,1-2H3,(H,15,16). The van der Waals surface area contributed by atoms with Gasteiger partial charge in [0, 0.05) is 13.0 Å². The number of nitrogens with one attached hydrogen (secondary N) is 1. The van der Waals surface area contributed by atoms with Crippen LogP contribution in [0.5, 0.6) is 0 Å². The summed E-state index contributed by atoms with van der Waals surface area (Å²) in [5.74, 6) is 1.00. The molecule has 16 heavy (non-hydrogen) atoms. The minimum atomic E-state index is 0.132. The molecule has 1 fully saturated rings. The zero-order valence-electron chi connectivity index (χ0n) is 10.9. The lowest BCUT2D eigenvalue weighted by molar-refractivity contribution is -0.119. The number of hydrogen-bond donors (Lipinski definition) is 1. The van der Waals surface area contributed by atoms with Crippen molar-refractivity contribution in [3.8, 4) is 0 Å². The van der Waals surface area contributed by atoms with Crippen molar-refractivity contribution in [3.63, 3.8) is 0 Å². The molecule has 0 saturated heterocycles. The van der Waals surface area contributed by atoms with Gasteiger partial charge in [-0.3, -0.25) is 4.79 Å². The Kier molecular flexibility index (Phi) is 6.51. The molecule has 0 spiro atoms. The molecule has 0 aromatic rings. The van der Waals surface area contributed by atoms with Crippen LogP contribution >= 0.6 is 0 Å². The Hall–Kier alpha value is -0.530. The molecule has 0 aromatic heterocycles. The molecule has 1 saturated carbocycles. The summed E-state index contributed by atoms with van der Waals surface area (Å²) in [4.78, 5) is 11.1. The summed E-state index contributed by atoms with van der Waals surface area (Å²) in [5, 5.41) is 3.09. The molecule has 2 unspecified atom stereocenters. The average Bonchev–Trinajstić information content (AvgIpc) is 2.24. The SMILES string of the molecule is CC(=O)NC1CCCCCCC(C)CCC1. The molecule has 2 nitrogen and oxygen atoms in total. The van der Waals surface area contributed by atoms with Crippen molar-refractivity contribution >= 4 is 5.91 Å². The van der Waals surface area contributed by atoms with Crippen LogP contribution in [0.3, 0.4) is 0 Å². The predicted molar refractivity (Wildman–Crippen MR) is 68.3 cm³/mol. The van der Waals surface area contributed by atoms with Crippen LogP contribution in [0.1, 0.15) is 71.6 Å². The van der Waals surface area contributed by atoms with Crippen LogP contribution in [0.4, 0.5) is 0 Å². The summed E-state index contributed by atoms with van der Waals surface area (Å²) in [6.45, 7) is 4.00. The van der Waals surface area contributed by atoms with E-state index in [2.05, 4.69) is 12.2 Å². The first-order valence-electron chi connectivity index (χ1n) is 6.95. The Labute approximate surface area is 100 Å². The average molecular weight is 225 g/mol. The zero-order valence-corrected chi connectivity index (χ0v) is 10.9. The van der Waals surface area contributed by atoms with Crippen LogP contribution in [0, 0.1) is 5.92 Å². The van der Waals surface area contributed by atoms with E-state index in [1.54, 1.807) is 6.92 Å². The van der Waals surface area contributed by atoms with Crippen LogP contribution in [-0.2, 0) is 4.79 Å². The first kappa shape index (κ1) is 13.5. The summed E-state index contributed by atoms with van der Waals surface area (Å²) in [6, 6.07) is 0.433. The fourth-order valence-electron chi connectivity index (χ4n) is 2.67. The van der Waals surface area contributed by atoms with Gasteiger partial charge in [-0.05, 0) is 18.8 Å². The van der Waals surface area contributed by atoms with Crippen molar-refractivity contribution in [1.82, 2.24) is 5.32 Å².